The topological polar surface area (TPSA) is 73.3 Å². The summed E-state index contributed by atoms with van der Waals surface area (Å²) in [6.45, 7) is 1.88. The summed E-state index contributed by atoms with van der Waals surface area (Å²) in [6, 6.07) is 11.7. The summed E-state index contributed by atoms with van der Waals surface area (Å²) in [6.07, 6.45) is -2.95. The summed E-state index contributed by atoms with van der Waals surface area (Å²) >= 11 is 5.72. The normalized spacial score (nSPS) is 12.2. The zero-order valence-electron chi connectivity index (χ0n) is 16.2. The van der Waals surface area contributed by atoms with Crippen LogP contribution in [0.1, 0.15) is 18.1 Å². The number of benzene rings is 1. The van der Waals surface area contributed by atoms with E-state index in [-0.39, 0.29) is 18.3 Å². The molecule has 0 saturated heterocycles. The van der Waals surface area contributed by atoms with Gasteiger partial charge in [-0.05, 0) is 48.9 Å². The third kappa shape index (κ3) is 6.58. The first-order valence-corrected chi connectivity index (χ1v) is 9.44. The summed E-state index contributed by atoms with van der Waals surface area (Å²) in [5.41, 5.74) is -0.0634. The van der Waals surface area contributed by atoms with Crippen LogP contribution in [0.5, 0.6) is 17.4 Å². The highest BCUT2D eigenvalue weighted by Crippen LogP contribution is 2.30. The molecule has 0 aliphatic heterocycles. The average molecular weight is 452 g/mol. The Morgan fingerprint density at radius 1 is 1.03 bits per heavy atom. The Morgan fingerprint density at radius 2 is 1.74 bits per heavy atom. The molecule has 2 heterocycles. The Kier molecular flexibility index (Phi) is 6.96. The lowest BCUT2D eigenvalue weighted by atomic mass is 10.2. The molecule has 1 atom stereocenters. The lowest BCUT2D eigenvalue weighted by Crippen LogP contribution is -2.35. The zero-order valence-corrected chi connectivity index (χ0v) is 16.9. The second-order valence-corrected chi connectivity index (χ2v) is 6.81. The van der Waals surface area contributed by atoms with E-state index in [4.69, 9.17) is 21.1 Å². The molecule has 10 heteroatoms. The van der Waals surface area contributed by atoms with Crippen LogP contribution in [-0.2, 0) is 17.5 Å². The molecule has 0 fully saturated rings. The van der Waals surface area contributed by atoms with Crippen LogP contribution in [0.25, 0.3) is 0 Å². The fourth-order valence-electron chi connectivity index (χ4n) is 2.42. The van der Waals surface area contributed by atoms with Crippen LogP contribution in [0.2, 0.25) is 5.15 Å². The van der Waals surface area contributed by atoms with Gasteiger partial charge in [0.1, 0.15) is 16.7 Å². The number of hydrogen-bond donors (Lipinski definition) is 1. The van der Waals surface area contributed by atoms with Crippen LogP contribution in [0, 0.1) is 0 Å². The second-order valence-electron chi connectivity index (χ2n) is 6.42. The second kappa shape index (κ2) is 9.65. The lowest BCUT2D eigenvalue weighted by Gasteiger charge is -2.15. The Bertz CT molecular complexity index is 1010. The number of rotatable bonds is 7. The molecular weight excluding hydrogens is 435 g/mol. The molecule has 0 saturated carbocycles. The highest BCUT2D eigenvalue weighted by atomic mass is 35.5. The van der Waals surface area contributed by atoms with Gasteiger partial charge in [-0.25, -0.2) is 9.97 Å². The molecule has 0 aliphatic rings. The molecule has 6 nitrogen and oxygen atoms in total. The molecule has 1 amide bonds. The third-order valence-electron chi connectivity index (χ3n) is 4.05. The van der Waals surface area contributed by atoms with E-state index in [0.717, 1.165) is 17.7 Å². The smallest absolute Gasteiger partial charge is 0.417 e. The number of halogens is 4. The average Bonchev–Trinajstić information content (AvgIpc) is 2.74. The predicted molar refractivity (Wildman–Crippen MR) is 107 cm³/mol. The number of amides is 1. The fourth-order valence-corrected chi connectivity index (χ4v) is 2.53. The van der Waals surface area contributed by atoms with Gasteiger partial charge in [-0.1, -0.05) is 17.7 Å². The molecule has 0 spiro atoms. The van der Waals surface area contributed by atoms with Gasteiger partial charge in [0.15, 0.2) is 6.10 Å². The molecule has 0 aliphatic carbocycles. The van der Waals surface area contributed by atoms with Crippen LogP contribution in [0.3, 0.4) is 0 Å². The molecule has 1 N–H and O–H groups in total. The number of nitrogens with one attached hydrogen (secondary N) is 1. The zero-order chi connectivity index (χ0) is 22.4. The largest absolute Gasteiger partial charge is 0.481 e. The molecule has 162 valence electrons. The first-order chi connectivity index (χ1) is 14.7. The quantitative estimate of drug-likeness (QED) is 0.510. The number of pyridine rings is 2. The maximum Gasteiger partial charge on any atom is 0.417 e. The van der Waals surface area contributed by atoms with Gasteiger partial charge in [0.2, 0.25) is 5.88 Å². The summed E-state index contributed by atoms with van der Waals surface area (Å²) in [5, 5.41) is 3.11. The van der Waals surface area contributed by atoms with E-state index in [1.165, 1.54) is 0 Å². The lowest BCUT2D eigenvalue weighted by molar-refractivity contribution is -0.137. The van der Waals surface area contributed by atoms with Gasteiger partial charge in [-0.3, -0.25) is 4.79 Å². The van der Waals surface area contributed by atoms with Gasteiger partial charge in [-0.2, -0.15) is 13.2 Å². The van der Waals surface area contributed by atoms with Gasteiger partial charge in [0.25, 0.3) is 5.91 Å². The molecule has 3 aromatic rings. The monoisotopic (exact) mass is 451 g/mol. The minimum atomic E-state index is -4.46. The number of hydrogen-bond acceptors (Lipinski definition) is 5. The van der Waals surface area contributed by atoms with Crippen LogP contribution in [0.4, 0.5) is 13.2 Å². The van der Waals surface area contributed by atoms with Crippen LogP contribution in [-0.4, -0.2) is 22.0 Å². The van der Waals surface area contributed by atoms with Crippen molar-refractivity contribution in [3.63, 3.8) is 0 Å². The van der Waals surface area contributed by atoms with Crippen molar-refractivity contribution >= 4 is 17.5 Å². The Balaban J connectivity index is 1.51. The van der Waals surface area contributed by atoms with Crippen molar-refractivity contribution in [1.29, 1.82) is 0 Å². The summed E-state index contributed by atoms with van der Waals surface area (Å²) in [7, 11) is 0. The first kappa shape index (κ1) is 22.4. The van der Waals surface area contributed by atoms with Gasteiger partial charge < -0.3 is 14.8 Å². The number of carbonyl (C=O) groups excluding carboxylic acids is 1. The Labute approximate surface area is 181 Å². The maximum atomic E-state index is 12.6. The van der Waals surface area contributed by atoms with E-state index in [1.54, 1.807) is 49.5 Å². The van der Waals surface area contributed by atoms with Gasteiger partial charge >= 0.3 is 6.18 Å². The predicted octanol–water partition coefficient (Wildman–Crippen LogP) is 5.02. The Hall–Kier alpha value is -3.33. The number of nitrogens with zero attached hydrogens (tertiary/aromatic N) is 2. The molecule has 3 rings (SSSR count). The molecule has 2 aromatic heterocycles. The maximum absolute atomic E-state index is 12.6. The minimum Gasteiger partial charge on any atom is -0.481 e. The van der Waals surface area contributed by atoms with E-state index in [2.05, 4.69) is 15.3 Å². The van der Waals surface area contributed by atoms with E-state index in [0.29, 0.717) is 22.8 Å². The highest BCUT2D eigenvalue weighted by molar-refractivity contribution is 6.29. The molecule has 1 unspecified atom stereocenters. The number of aromatic nitrogens is 2. The molecule has 1 aromatic carbocycles. The summed E-state index contributed by atoms with van der Waals surface area (Å²) in [4.78, 5) is 19.8. The highest BCUT2D eigenvalue weighted by Gasteiger charge is 2.30. The van der Waals surface area contributed by atoms with E-state index in [1.807, 2.05) is 0 Å². The van der Waals surface area contributed by atoms with Crippen LogP contribution >= 0.6 is 11.6 Å². The fraction of sp³-hybridized carbons (Fsp3) is 0.190. The SMILES string of the molecule is CC(Oc1ccc(Oc2ccc(C(F)(F)F)cn2)cc1)C(=O)NCc1ccc(Cl)nc1. The summed E-state index contributed by atoms with van der Waals surface area (Å²) < 4.78 is 48.7. The van der Waals surface area contributed by atoms with Crippen molar-refractivity contribution in [3.8, 4) is 17.4 Å². The molecule has 0 radical (unpaired) electrons. The number of carbonyl (C=O) groups is 1. The molecular formula is C21H17ClF3N3O3. The first-order valence-electron chi connectivity index (χ1n) is 9.06. The molecule has 31 heavy (non-hydrogen) atoms. The van der Waals surface area contributed by atoms with Crippen LogP contribution in [0.15, 0.2) is 60.9 Å². The van der Waals surface area contributed by atoms with Crippen molar-refractivity contribution < 1.29 is 27.4 Å². The Morgan fingerprint density at radius 3 is 2.32 bits per heavy atom. The van der Waals surface area contributed by atoms with E-state index in [9.17, 15) is 18.0 Å². The van der Waals surface area contributed by atoms with Crippen molar-refractivity contribution in [2.75, 3.05) is 0 Å². The van der Waals surface area contributed by atoms with Crippen molar-refractivity contribution in [2.45, 2.75) is 25.7 Å². The minimum absolute atomic E-state index is 0.0195. The number of alkyl halides is 3. The van der Waals surface area contributed by atoms with Crippen molar-refractivity contribution in [1.82, 2.24) is 15.3 Å². The van der Waals surface area contributed by atoms with Crippen molar-refractivity contribution in [2.24, 2.45) is 0 Å². The van der Waals surface area contributed by atoms with Gasteiger partial charge in [-0.15, -0.1) is 0 Å². The van der Waals surface area contributed by atoms with Crippen LogP contribution < -0.4 is 14.8 Å². The van der Waals surface area contributed by atoms with Gasteiger partial charge in [0.05, 0.1) is 5.56 Å². The number of ether oxygens (including phenoxy) is 2. The molecule has 0 bridgehead atoms. The van der Waals surface area contributed by atoms with Crippen molar-refractivity contribution in [3.05, 3.63) is 77.2 Å². The van der Waals surface area contributed by atoms with E-state index >= 15 is 0 Å². The summed E-state index contributed by atoms with van der Waals surface area (Å²) in [5.74, 6) is 0.478. The third-order valence-corrected chi connectivity index (χ3v) is 4.27. The standard InChI is InChI=1S/C21H17ClF3N3O3/c1-13(20(29)28-11-14-2-8-18(22)26-10-14)30-16-4-6-17(7-5-16)31-19-9-3-15(12-27-19)21(23,24)25/h2-10,12-13H,11H2,1H3,(H,28,29). The van der Waals surface area contributed by atoms with Gasteiger partial charge in [0, 0.05) is 25.0 Å². The van der Waals surface area contributed by atoms with E-state index < -0.39 is 17.8 Å².